The lowest BCUT2D eigenvalue weighted by atomic mass is 10.2. The van der Waals surface area contributed by atoms with Crippen LogP contribution in [0.4, 0.5) is 11.8 Å². The van der Waals surface area contributed by atoms with E-state index in [9.17, 15) is 4.79 Å². The second-order valence-electron chi connectivity index (χ2n) is 4.64. The first-order chi connectivity index (χ1) is 9.65. The van der Waals surface area contributed by atoms with Gasteiger partial charge in [-0.15, -0.1) is 0 Å². The van der Waals surface area contributed by atoms with Gasteiger partial charge in [-0.3, -0.25) is 4.79 Å². The number of halogens is 1. The third-order valence-electron chi connectivity index (χ3n) is 3.36. The Hall–Kier alpha value is -2.08. The fourth-order valence-corrected chi connectivity index (χ4v) is 2.35. The van der Waals surface area contributed by atoms with Gasteiger partial charge >= 0.3 is 0 Å². The van der Waals surface area contributed by atoms with E-state index in [2.05, 4.69) is 15.3 Å². The zero-order valence-electron chi connectivity index (χ0n) is 11.0. The molecule has 6 nitrogen and oxygen atoms in total. The molecule has 20 heavy (non-hydrogen) atoms. The van der Waals surface area contributed by atoms with Crippen molar-refractivity contribution < 1.29 is 4.79 Å². The molecule has 0 bridgehead atoms. The third kappa shape index (κ3) is 2.34. The van der Waals surface area contributed by atoms with E-state index in [1.54, 1.807) is 18.3 Å². The molecule has 3 heterocycles. The van der Waals surface area contributed by atoms with E-state index in [0.29, 0.717) is 10.8 Å². The molecule has 2 aromatic rings. The molecule has 0 fully saturated rings. The van der Waals surface area contributed by atoms with E-state index < -0.39 is 0 Å². The van der Waals surface area contributed by atoms with Crippen molar-refractivity contribution in [3.63, 3.8) is 0 Å². The Morgan fingerprint density at radius 3 is 3.00 bits per heavy atom. The summed E-state index contributed by atoms with van der Waals surface area (Å²) in [7, 11) is 0. The average molecular weight is 292 g/mol. The van der Waals surface area contributed by atoms with Crippen LogP contribution in [0.1, 0.15) is 6.92 Å². The lowest BCUT2D eigenvalue weighted by Gasteiger charge is -2.23. The number of anilines is 2. The van der Waals surface area contributed by atoms with Crippen molar-refractivity contribution in [1.29, 1.82) is 0 Å². The van der Waals surface area contributed by atoms with Crippen LogP contribution in [0.2, 0.25) is 5.02 Å². The van der Waals surface area contributed by atoms with Gasteiger partial charge in [0.1, 0.15) is 11.9 Å². The third-order valence-corrected chi connectivity index (χ3v) is 3.58. The predicted molar refractivity (Wildman–Crippen MR) is 76.9 cm³/mol. The van der Waals surface area contributed by atoms with Crippen molar-refractivity contribution in [2.45, 2.75) is 19.5 Å². The predicted octanol–water partition coefficient (Wildman–Crippen LogP) is 1.78. The highest BCUT2D eigenvalue weighted by atomic mass is 35.5. The number of aromatic nitrogens is 3. The number of rotatable bonds is 3. The molecule has 1 unspecified atom stereocenters. The molecule has 104 valence electrons. The Labute approximate surface area is 121 Å². The number of amides is 1. The largest absolute Gasteiger partial charge is 0.329 e. The van der Waals surface area contributed by atoms with Gasteiger partial charge in [0.2, 0.25) is 11.9 Å². The van der Waals surface area contributed by atoms with Crippen molar-refractivity contribution in [2.75, 3.05) is 16.8 Å². The van der Waals surface area contributed by atoms with Crippen LogP contribution in [0.5, 0.6) is 0 Å². The van der Waals surface area contributed by atoms with E-state index in [1.807, 2.05) is 22.6 Å². The molecule has 0 aromatic carbocycles. The number of pyridine rings is 1. The van der Waals surface area contributed by atoms with E-state index in [1.165, 1.54) is 6.20 Å². The molecule has 0 spiro atoms. The minimum atomic E-state index is -0.309. The molecule has 1 amide bonds. The van der Waals surface area contributed by atoms with Crippen LogP contribution in [0, 0.1) is 0 Å². The second kappa shape index (κ2) is 5.13. The maximum atomic E-state index is 12.3. The molecule has 0 aliphatic carbocycles. The van der Waals surface area contributed by atoms with Gasteiger partial charge in [-0.2, -0.15) is 0 Å². The Morgan fingerprint density at radius 1 is 1.40 bits per heavy atom. The zero-order chi connectivity index (χ0) is 14.1. The summed E-state index contributed by atoms with van der Waals surface area (Å²) in [6.45, 7) is 3.49. The molecular weight excluding hydrogens is 278 g/mol. The number of imidazole rings is 1. The molecule has 3 rings (SSSR count). The lowest BCUT2D eigenvalue weighted by molar-refractivity contribution is -0.117. The van der Waals surface area contributed by atoms with Crippen LogP contribution in [0.25, 0.3) is 0 Å². The first-order valence-corrected chi connectivity index (χ1v) is 6.73. The summed E-state index contributed by atoms with van der Waals surface area (Å²) in [4.78, 5) is 22.6. The van der Waals surface area contributed by atoms with Crippen molar-refractivity contribution in [3.8, 4) is 0 Å². The molecule has 0 radical (unpaired) electrons. The Balaban J connectivity index is 1.70. The number of nitrogens with one attached hydrogen (secondary N) is 1. The Bertz CT molecular complexity index is 624. The molecule has 1 N–H and O–H groups in total. The Morgan fingerprint density at radius 2 is 2.25 bits per heavy atom. The van der Waals surface area contributed by atoms with Gasteiger partial charge in [0.15, 0.2) is 0 Å². The van der Waals surface area contributed by atoms with Gasteiger partial charge in [-0.05, 0) is 19.1 Å². The van der Waals surface area contributed by atoms with Gasteiger partial charge < -0.3 is 14.8 Å². The van der Waals surface area contributed by atoms with Crippen LogP contribution in [-0.4, -0.2) is 33.0 Å². The van der Waals surface area contributed by atoms with Crippen molar-refractivity contribution in [1.82, 2.24) is 14.5 Å². The van der Waals surface area contributed by atoms with E-state index in [-0.39, 0.29) is 11.9 Å². The normalized spacial score (nSPS) is 15.0. The van der Waals surface area contributed by atoms with Gasteiger partial charge in [-0.1, -0.05) is 11.6 Å². The maximum Gasteiger partial charge on any atom is 0.248 e. The number of carbonyl (C=O) groups excluding carboxylic acids is 1. The van der Waals surface area contributed by atoms with E-state index in [4.69, 9.17) is 11.6 Å². The highest BCUT2D eigenvalue weighted by Crippen LogP contribution is 2.21. The maximum absolute atomic E-state index is 12.3. The summed E-state index contributed by atoms with van der Waals surface area (Å²) < 4.78 is 2.03. The van der Waals surface area contributed by atoms with Crippen LogP contribution in [0.15, 0.2) is 30.7 Å². The molecule has 7 heteroatoms. The molecule has 1 aliphatic heterocycles. The van der Waals surface area contributed by atoms with Crippen molar-refractivity contribution in [2.24, 2.45) is 0 Å². The highest BCUT2D eigenvalue weighted by molar-refractivity contribution is 6.30. The number of fused-ring (bicyclic) bond motifs is 1. The Kier molecular flexibility index (Phi) is 3.31. The monoisotopic (exact) mass is 291 g/mol. The van der Waals surface area contributed by atoms with Crippen LogP contribution in [-0.2, 0) is 11.3 Å². The molecule has 1 atom stereocenters. The first-order valence-electron chi connectivity index (χ1n) is 6.35. The summed E-state index contributed by atoms with van der Waals surface area (Å²) in [5.41, 5.74) is 0. The molecule has 0 saturated heterocycles. The standard InChI is InChI=1S/C13H14ClN5O/c1-9(19-7-6-18-5-4-15-13(18)19)12(20)17-11-3-2-10(14)8-16-11/h2-5,8-9H,6-7H2,1H3,(H,16,17,20). The number of hydrogen-bond acceptors (Lipinski definition) is 4. The molecule has 1 aliphatic rings. The van der Waals surface area contributed by atoms with E-state index >= 15 is 0 Å². The lowest BCUT2D eigenvalue weighted by Crippen LogP contribution is -2.41. The van der Waals surface area contributed by atoms with Gasteiger partial charge in [0, 0.05) is 31.7 Å². The SMILES string of the molecule is CC(C(=O)Nc1ccc(Cl)cn1)N1CCn2ccnc21. The number of carbonyl (C=O) groups is 1. The molecule has 2 aromatic heterocycles. The molecule has 0 saturated carbocycles. The summed E-state index contributed by atoms with van der Waals surface area (Å²) in [5, 5.41) is 3.32. The van der Waals surface area contributed by atoms with Gasteiger partial charge in [0.05, 0.1) is 5.02 Å². The van der Waals surface area contributed by atoms with Crippen molar-refractivity contribution in [3.05, 3.63) is 35.7 Å². The minimum absolute atomic E-state index is 0.115. The summed E-state index contributed by atoms with van der Waals surface area (Å²) in [6.07, 6.45) is 5.16. The smallest absolute Gasteiger partial charge is 0.248 e. The van der Waals surface area contributed by atoms with Gasteiger partial charge in [0.25, 0.3) is 0 Å². The topological polar surface area (TPSA) is 63.1 Å². The zero-order valence-corrected chi connectivity index (χ0v) is 11.7. The fraction of sp³-hybridized carbons (Fsp3) is 0.308. The summed E-state index contributed by atoms with van der Waals surface area (Å²) in [5.74, 6) is 1.21. The van der Waals surface area contributed by atoms with E-state index in [0.717, 1.165) is 19.0 Å². The van der Waals surface area contributed by atoms with Crippen LogP contribution < -0.4 is 10.2 Å². The molecular formula is C13H14ClN5O. The quantitative estimate of drug-likeness (QED) is 0.936. The fourth-order valence-electron chi connectivity index (χ4n) is 2.24. The van der Waals surface area contributed by atoms with Gasteiger partial charge in [-0.25, -0.2) is 9.97 Å². The summed E-state index contributed by atoms with van der Waals surface area (Å²) in [6, 6.07) is 3.06. The number of hydrogen-bond donors (Lipinski definition) is 1. The first kappa shape index (κ1) is 12.9. The minimum Gasteiger partial charge on any atom is -0.329 e. The van der Waals surface area contributed by atoms with Crippen LogP contribution in [0.3, 0.4) is 0 Å². The second-order valence-corrected chi connectivity index (χ2v) is 5.08. The number of nitrogens with zero attached hydrogens (tertiary/aromatic N) is 4. The van der Waals surface area contributed by atoms with Crippen LogP contribution >= 0.6 is 11.6 Å². The highest BCUT2D eigenvalue weighted by Gasteiger charge is 2.28. The van der Waals surface area contributed by atoms with Crippen molar-refractivity contribution >= 4 is 29.3 Å². The average Bonchev–Trinajstić information content (AvgIpc) is 3.03. The summed E-state index contributed by atoms with van der Waals surface area (Å²) >= 11 is 5.76.